The average molecular weight is 308 g/mol. The zero-order valence-corrected chi connectivity index (χ0v) is 10.7. The summed E-state index contributed by atoms with van der Waals surface area (Å²) in [6, 6.07) is 4.79. The second-order valence-electron chi connectivity index (χ2n) is 4.21. The lowest BCUT2D eigenvalue weighted by molar-refractivity contribution is -0.154. The number of amides is 1. The van der Waals surface area contributed by atoms with Crippen LogP contribution in [0.4, 0.5) is 23.2 Å². The quantitative estimate of drug-likeness (QED) is 0.785. The number of carbonyl (C=O) groups excluding carboxylic acids is 1. The van der Waals surface area contributed by atoms with E-state index in [2.05, 4.69) is 5.32 Å². The third-order valence-electron chi connectivity index (χ3n) is 2.24. The summed E-state index contributed by atoms with van der Waals surface area (Å²) in [5.41, 5.74) is 0.0716. The number of hydrogen-bond donors (Lipinski definition) is 2. The lowest BCUT2D eigenvalue weighted by Gasteiger charge is -2.21. The Labute approximate surface area is 117 Å². The van der Waals surface area contributed by atoms with Crippen molar-refractivity contribution in [2.24, 2.45) is 0 Å². The lowest BCUT2D eigenvalue weighted by Crippen LogP contribution is -2.42. The maximum atomic E-state index is 12.9. The van der Waals surface area contributed by atoms with Crippen LogP contribution in [0.5, 0.6) is 0 Å². The van der Waals surface area contributed by atoms with Gasteiger partial charge < -0.3 is 10.4 Å². The molecule has 21 heavy (non-hydrogen) atoms. The number of nitrogens with one attached hydrogen (secondary N) is 1. The number of anilines is 1. The number of carbonyl (C=O) groups is 2. The van der Waals surface area contributed by atoms with E-state index in [-0.39, 0.29) is 5.69 Å². The molecule has 0 saturated heterocycles. The third-order valence-corrected chi connectivity index (χ3v) is 2.24. The number of aliphatic carboxylic acids is 1. The highest BCUT2D eigenvalue weighted by Gasteiger charge is 2.32. The summed E-state index contributed by atoms with van der Waals surface area (Å²) in [5, 5.41) is 10.7. The first-order chi connectivity index (χ1) is 9.65. The summed E-state index contributed by atoms with van der Waals surface area (Å²) >= 11 is 0. The van der Waals surface area contributed by atoms with Crippen molar-refractivity contribution < 1.29 is 32.3 Å². The molecule has 1 rings (SSSR count). The summed E-state index contributed by atoms with van der Waals surface area (Å²) < 4.78 is 49.7. The van der Waals surface area contributed by atoms with Gasteiger partial charge in [-0.05, 0) is 18.2 Å². The molecule has 0 heterocycles. The van der Waals surface area contributed by atoms with E-state index < -0.39 is 43.5 Å². The standard InChI is InChI=1S/C12H12F4N2O3/c13-8-2-1-3-9(4-8)17-10(19)5-18(6-11(20)21)7-12(14,15)16/h1-4H,5-7H2,(H,17,19)(H,20,21). The zero-order valence-electron chi connectivity index (χ0n) is 10.7. The minimum absolute atomic E-state index is 0.0716. The number of carboxylic acids is 1. The van der Waals surface area contributed by atoms with E-state index >= 15 is 0 Å². The molecule has 0 fully saturated rings. The number of rotatable bonds is 6. The Kier molecular flexibility index (Phi) is 5.65. The summed E-state index contributed by atoms with van der Waals surface area (Å²) in [6.07, 6.45) is -4.63. The molecule has 0 spiro atoms. The van der Waals surface area contributed by atoms with Crippen molar-refractivity contribution in [3.63, 3.8) is 0 Å². The lowest BCUT2D eigenvalue weighted by atomic mass is 10.3. The SMILES string of the molecule is O=C(O)CN(CC(=O)Nc1cccc(F)c1)CC(F)(F)F. The Bertz CT molecular complexity index is 519. The van der Waals surface area contributed by atoms with E-state index in [0.717, 1.165) is 12.1 Å². The molecule has 1 aromatic rings. The van der Waals surface area contributed by atoms with Gasteiger partial charge in [0.05, 0.1) is 19.6 Å². The fraction of sp³-hybridized carbons (Fsp3) is 0.333. The predicted octanol–water partition coefficient (Wildman–Crippen LogP) is 1.71. The van der Waals surface area contributed by atoms with Crippen molar-refractivity contribution in [1.82, 2.24) is 4.90 Å². The minimum Gasteiger partial charge on any atom is -0.480 e. The fourth-order valence-electron chi connectivity index (χ4n) is 1.58. The summed E-state index contributed by atoms with van der Waals surface area (Å²) in [4.78, 5) is 22.5. The van der Waals surface area contributed by atoms with E-state index in [1.54, 1.807) is 0 Å². The number of halogens is 4. The number of hydrogen-bond acceptors (Lipinski definition) is 3. The van der Waals surface area contributed by atoms with Gasteiger partial charge in [-0.2, -0.15) is 13.2 Å². The molecular weight excluding hydrogens is 296 g/mol. The van der Waals surface area contributed by atoms with Crippen LogP contribution < -0.4 is 5.32 Å². The van der Waals surface area contributed by atoms with E-state index in [1.807, 2.05) is 0 Å². The number of alkyl halides is 3. The van der Waals surface area contributed by atoms with Crippen LogP contribution >= 0.6 is 0 Å². The zero-order chi connectivity index (χ0) is 16.0. The highest BCUT2D eigenvalue weighted by molar-refractivity contribution is 5.92. The van der Waals surface area contributed by atoms with Crippen LogP contribution in [0.3, 0.4) is 0 Å². The Morgan fingerprint density at radius 2 is 1.90 bits per heavy atom. The molecule has 0 atom stereocenters. The van der Waals surface area contributed by atoms with Gasteiger partial charge in [-0.25, -0.2) is 4.39 Å². The highest BCUT2D eigenvalue weighted by Crippen LogP contribution is 2.16. The molecule has 0 radical (unpaired) electrons. The average Bonchev–Trinajstić information content (AvgIpc) is 2.24. The van der Waals surface area contributed by atoms with Gasteiger partial charge in [-0.3, -0.25) is 14.5 Å². The first kappa shape index (κ1) is 16.9. The highest BCUT2D eigenvalue weighted by atomic mass is 19.4. The van der Waals surface area contributed by atoms with Crippen LogP contribution in [-0.2, 0) is 9.59 Å². The monoisotopic (exact) mass is 308 g/mol. The summed E-state index contributed by atoms with van der Waals surface area (Å²) in [7, 11) is 0. The molecular formula is C12H12F4N2O3. The second kappa shape index (κ2) is 7.02. The molecule has 1 amide bonds. The number of carboxylic acid groups (broad SMARTS) is 1. The largest absolute Gasteiger partial charge is 0.480 e. The Morgan fingerprint density at radius 1 is 1.24 bits per heavy atom. The molecule has 9 heteroatoms. The molecule has 0 aliphatic carbocycles. The van der Waals surface area contributed by atoms with Crippen LogP contribution in [0, 0.1) is 5.82 Å². The van der Waals surface area contributed by atoms with Gasteiger partial charge in [0.2, 0.25) is 5.91 Å². The van der Waals surface area contributed by atoms with Gasteiger partial charge in [0.25, 0.3) is 0 Å². The molecule has 0 unspecified atom stereocenters. The molecule has 0 aliphatic heterocycles. The maximum Gasteiger partial charge on any atom is 0.401 e. The van der Waals surface area contributed by atoms with E-state index in [4.69, 9.17) is 5.11 Å². The van der Waals surface area contributed by atoms with Crippen molar-refractivity contribution >= 4 is 17.6 Å². The summed E-state index contributed by atoms with van der Waals surface area (Å²) in [5.74, 6) is -2.98. The fourth-order valence-corrected chi connectivity index (χ4v) is 1.58. The second-order valence-corrected chi connectivity index (χ2v) is 4.21. The molecule has 116 valence electrons. The number of nitrogens with zero attached hydrogens (tertiary/aromatic N) is 1. The Hall–Kier alpha value is -2.16. The number of benzene rings is 1. The topological polar surface area (TPSA) is 69.6 Å². The minimum atomic E-state index is -4.63. The van der Waals surface area contributed by atoms with Gasteiger partial charge >= 0.3 is 12.1 Å². The van der Waals surface area contributed by atoms with Gasteiger partial charge in [-0.1, -0.05) is 6.07 Å². The Balaban J connectivity index is 2.65. The van der Waals surface area contributed by atoms with Gasteiger partial charge in [-0.15, -0.1) is 0 Å². The van der Waals surface area contributed by atoms with Crippen molar-refractivity contribution in [3.8, 4) is 0 Å². The van der Waals surface area contributed by atoms with Crippen LogP contribution in [0.15, 0.2) is 24.3 Å². The smallest absolute Gasteiger partial charge is 0.401 e. The van der Waals surface area contributed by atoms with Crippen molar-refractivity contribution in [2.45, 2.75) is 6.18 Å². The normalized spacial score (nSPS) is 11.5. The predicted molar refractivity (Wildman–Crippen MR) is 65.2 cm³/mol. The third kappa shape index (κ3) is 7.25. The Morgan fingerprint density at radius 3 is 2.43 bits per heavy atom. The van der Waals surface area contributed by atoms with E-state index in [0.29, 0.717) is 4.90 Å². The van der Waals surface area contributed by atoms with E-state index in [1.165, 1.54) is 12.1 Å². The van der Waals surface area contributed by atoms with Crippen LogP contribution in [0.25, 0.3) is 0 Å². The molecule has 0 saturated carbocycles. The van der Waals surface area contributed by atoms with Crippen LogP contribution in [-0.4, -0.2) is 47.7 Å². The first-order valence-electron chi connectivity index (χ1n) is 5.72. The van der Waals surface area contributed by atoms with Gasteiger partial charge in [0.15, 0.2) is 0 Å². The molecule has 0 aromatic heterocycles. The molecule has 0 aliphatic rings. The van der Waals surface area contributed by atoms with Crippen LogP contribution in [0.2, 0.25) is 0 Å². The van der Waals surface area contributed by atoms with Crippen molar-refractivity contribution in [3.05, 3.63) is 30.1 Å². The van der Waals surface area contributed by atoms with Crippen molar-refractivity contribution in [1.29, 1.82) is 0 Å². The molecule has 5 nitrogen and oxygen atoms in total. The first-order valence-corrected chi connectivity index (χ1v) is 5.72. The van der Waals surface area contributed by atoms with Crippen LogP contribution in [0.1, 0.15) is 0 Å². The van der Waals surface area contributed by atoms with Gasteiger partial charge in [0.1, 0.15) is 5.82 Å². The molecule has 0 bridgehead atoms. The molecule has 1 aromatic carbocycles. The van der Waals surface area contributed by atoms with E-state index in [9.17, 15) is 27.2 Å². The maximum absolute atomic E-state index is 12.9. The summed E-state index contributed by atoms with van der Waals surface area (Å²) in [6.45, 7) is -3.24. The molecule has 2 N–H and O–H groups in total. The van der Waals surface area contributed by atoms with Crippen molar-refractivity contribution in [2.75, 3.05) is 25.0 Å². The van der Waals surface area contributed by atoms with Gasteiger partial charge in [0, 0.05) is 5.69 Å².